The second kappa shape index (κ2) is 5.40. The lowest BCUT2D eigenvalue weighted by Gasteiger charge is -2.08. The van der Waals surface area contributed by atoms with Gasteiger partial charge in [-0.05, 0) is 25.1 Å². The molecule has 0 saturated carbocycles. The molecule has 3 aromatic rings. The Hall–Kier alpha value is -2.63. The highest BCUT2D eigenvalue weighted by Gasteiger charge is 2.10. The zero-order valence-corrected chi connectivity index (χ0v) is 12.1. The smallest absolute Gasteiger partial charge is 0.269 e. The van der Waals surface area contributed by atoms with Gasteiger partial charge in [-0.3, -0.25) is 9.48 Å². The molecule has 1 N–H and O–H groups in total. The molecule has 21 heavy (non-hydrogen) atoms. The number of rotatable bonds is 4. The quantitative estimate of drug-likeness (QED) is 0.789. The number of carbonyl (C=O) groups is 1. The molecule has 0 radical (unpaired) electrons. The highest BCUT2D eigenvalue weighted by Crippen LogP contribution is 2.14. The topological polar surface area (TPSA) is 64.7 Å². The summed E-state index contributed by atoms with van der Waals surface area (Å²) in [6.07, 6.45) is 1.61. The van der Waals surface area contributed by atoms with Crippen LogP contribution in [-0.4, -0.2) is 31.8 Å². The molecule has 2 heterocycles. The number of hydrogen-bond acceptors (Lipinski definition) is 3. The molecule has 6 nitrogen and oxygen atoms in total. The fourth-order valence-electron chi connectivity index (χ4n) is 2.45. The minimum atomic E-state index is -0.114. The molecular weight excluding hydrogens is 266 g/mol. The van der Waals surface area contributed by atoms with Gasteiger partial charge in [0.1, 0.15) is 11.5 Å². The molecular formula is C15H17N5O. The third-order valence-electron chi connectivity index (χ3n) is 3.52. The van der Waals surface area contributed by atoms with Crippen molar-refractivity contribution in [2.24, 2.45) is 7.05 Å². The highest BCUT2D eigenvalue weighted by molar-refractivity contribution is 5.92. The lowest BCUT2D eigenvalue weighted by Crippen LogP contribution is -2.29. The van der Waals surface area contributed by atoms with Crippen LogP contribution in [0.3, 0.4) is 0 Å². The second-order valence-electron chi connectivity index (χ2n) is 4.90. The molecule has 0 fully saturated rings. The third-order valence-corrected chi connectivity index (χ3v) is 3.52. The summed E-state index contributed by atoms with van der Waals surface area (Å²) in [6, 6.07) is 9.70. The number of nitrogens with zero attached hydrogens (tertiary/aromatic N) is 4. The normalized spacial score (nSPS) is 11.0. The maximum Gasteiger partial charge on any atom is 0.269 e. The number of aryl methyl sites for hydroxylation is 2. The van der Waals surface area contributed by atoms with Crippen molar-refractivity contribution in [1.82, 2.24) is 24.6 Å². The number of carbonyl (C=O) groups excluding carboxylic acids is 1. The van der Waals surface area contributed by atoms with Crippen LogP contribution in [0.2, 0.25) is 0 Å². The Kier molecular flexibility index (Phi) is 3.43. The minimum absolute atomic E-state index is 0.114. The molecule has 0 bridgehead atoms. The SMILES string of the molecule is Cc1nc2ccccc2n1CCNC(=O)c1ccnn1C. The number of fused-ring (bicyclic) bond motifs is 1. The van der Waals surface area contributed by atoms with Crippen LogP contribution < -0.4 is 5.32 Å². The van der Waals surface area contributed by atoms with E-state index in [-0.39, 0.29) is 5.91 Å². The van der Waals surface area contributed by atoms with Crippen molar-refractivity contribution in [1.29, 1.82) is 0 Å². The predicted molar refractivity (Wildman–Crippen MR) is 80.0 cm³/mol. The molecule has 0 spiro atoms. The first-order valence-electron chi connectivity index (χ1n) is 6.85. The first kappa shape index (κ1) is 13.4. The number of nitrogens with one attached hydrogen (secondary N) is 1. The van der Waals surface area contributed by atoms with E-state index in [4.69, 9.17) is 0 Å². The Morgan fingerprint density at radius 3 is 2.86 bits per heavy atom. The van der Waals surface area contributed by atoms with E-state index in [1.807, 2.05) is 31.2 Å². The van der Waals surface area contributed by atoms with Gasteiger partial charge in [0.15, 0.2) is 0 Å². The van der Waals surface area contributed by atoms with Gasteiger partial charge in [-0.1, -0.05) is 12.1 Å². The average Bonchev–Trinajstić information content (AvgIpc) is 3.03. The summed E-state index contributed by atoms with van der Waals surface area (Å²) in [4.78, 5) is 16.5. The van der Waals surface area contributed by atoms with E-state index >= 15 is 0 Å². The first-order chi connectivity index (χ1) is 10.2. The van der Waals surface area contributed by atoms with Gasteiger partial charge < -0.3 is 9.88 Å². The van der Waals surface area contributed by atoms with E-state index in [0.717, 1.165) is 16.9 Å². The van der Waals surface area contributed by atoms with Gasteiger partial charge >= 0.3 is 0 Å². The number of hydrogen-bond donors (Lipinski definition) is 1. The highest BCUT2D eigenvalue weighted by atomic mass is 16.2. The molecule has 3 rings (SSSR count). The number of imidazole rings is 1. The Morgan fingerprint density at radius 1 is 1.29 bits per heavy atom. The van der Waals surface area contributed by atoms with Crippen molar-refractivity contribution in [3.63, 3.8) is 0 Å². The molecule has 0 aliphatic carbocycles. The molecule has 0 atom stereocenters. The van der Waals surface area contributed by atoms with Crippen molar-refractivity contribution in [2.75, 3.05) is 6.54 Å². The average molecular weight is 283 g/mol. The van der Waals surface area contributed by atoms with Crippen molar-refractivity contribution >= 4 is 16.9 Å². The zero-order valence-electron chi connectivity index (χ0n) is 12.1. The van der Waals surface area contributed by atoms with Gasteiger partial charge in [0, 0.05) is 26.3 Å². The lowest BCUT2D eigenvalue weighted by molar-refractivity contribution is 0.0943. The minimum Gasteiger partial charge on any atom is -0.349 e. The van der Waals surface area contributed by atoms with Crippen LogP contribution >= 0.6 is 0 Å². The predicted octanol–water partition coefficient (Wildman–Crippen LogP) is 1.51. The van der Waals surface area contributed by atoms with Gasteiger partial charge in [-0.25, -0.2) is 4.98 Å². The Bertz CT molecular complexity index is 786. The molecule has 1 aromatic carbocycles. The summed E-state index contributed by atoms with van der Waals surface area (Å²) in [5.74, 6) is 0.836. The number of benzene rings is 1. The van der Waals surface area contributed by atoms with E-state index in [9.17, 15) is 4.79 Å². The maximum atomic E-state index is 12.0. The van der Waals surface area contributed by atoms with E-state index < -0.39 is 0 Å². The van der Waals surface area contributed by atoms with Crippen molar-refractivity contribution in [2.45, 2.75) is 13.5 Å². The molecule has 0 saturated heterocycles. The van der Waals surface area contributed by atoms with Crippen LogP contribution in [0.25, 0.3) is 11.0 Å². The van der Waals surface area contributed by atoms with Crippen LogP contribution in [0.15, 0.2) is 36.5 Å². The van der Waals surface area contributed by atoms with Crippen molar-refractivity contribution in [3.8, 4) is 0 Å². The van der Waals surface area contributed by atoms with E-state index in [0.29, 0.717) is 18.8 Å². The Balaban J connectivity index is 1.69. The lowest BCUT2D eigenvalue weighted by atomic mass is 10.3. The largest absolute Gasteiger partial charge is 0.349 e. The monoisotopic (exact) mass is 283 g/mol. The van der Waals surface area contributed by atoms with Crippen LogP contribution in [0.5, 0.6) is 0 Å². The van der Waals surface area contributed by atoms with Crippen LogP contribution in [0, 0.1) is 6.92 Å². The summed E-state index contributed by atoms with van der Waals surface area (Å²) >= 11 is 0. The summed E-state index contributed by atoms with van der Waals surface area (Å²) in [5.41, 5.74) is 2.62. The third kappa shape index (κ3) is 2.52. The first-order valence-corrected chi connectivity index (χ1v) is 6.85. The van der Waals surface area contributed by atoms with E-state index in [2.05, 4.69) is 20.0 Å². The van der Waals surface area contributed by atoms with E-state index in [1.165, 1.54) is 0 Å². The fourth-order valence-corrected chi connectivity index (χ4v) is 2.45. The van der Waals surface area contributed by atoms with Gasteiger partial charge in [-0.15, -0.1) is 0 Å². The fraction of sp³-hybridized carbons (Fsp3) is 0.267. The van der Waals surface area contributed by atoms with Crippen LogP contribution in [0.1, 0.15) is 16.3 Å². The van der Waals surface area contributed by atoms with Gasteiger partial charge in [-0.2, -0.15) is 5.10 Å². The van der Waals surface area contributed by atoms with E-state index in [1.54, 1.807) is 24.0 Å². The van der Waals surface area contributed by atoms with Crippen molar-refractivity contribution in [3.05, 3.63) is 48.0 Å². The van der Waals surface area contributed by atoms with Gasteiger partial charge in [0.2, 0.25) is 0 Å². The molecule has 2 aromatic heterocycles. The summed E-state index contributed by atoms with van der Waals surface area (Å²) in [7, 11) is 1.75. The number of amides is 1. The Morgan fingerprint density at radius 2 is 2.10 bits per heavy atom. The maximum absolute atomic E-state index is 12.0. The summed E-state index contributed by atoms with van der Waals surface area (Å²) < 4.78 is 3.67. The van der Waals surface area contributed by atoms with Gasteiger partial charge in [0.25, 0.3) is 5.91 Å². The molecule has 108 valence electrons. The van der Waals surface area contributed by atoms with Crippen LogP contribution in [0.4, 0.5) is 0 Å². The summed E-state index contributed by atoms with van der Waals surface area (Å²) in [6.45, 7) is 3.21. The van der Waals surface area contributed by atoms with Gasteiger partial charge in [0.05, 0.1) is 11.0 Å². The molecule has 6 heteroatoms. The number of aromatic nitrogens is 4. The molecule has 0 aliphatic heterocycles. The van der Waals surface area contributed by atoms with Crippen molar-refractivity contribution < 1.29 is 4.79 Å². The second-order valence-corrected chi connectivity index (χ2v) is 4.90. The summed E-state index contributed by atoms with van der Waals surface area (Å²) in [5, 5.41) is 6.90. The Labute approximate surface area is 122 Å². The zero-order chi connectivity index (χ0) is 14.8. The standard InChI is InChI=1S/C15H17N5O/c1-11-18-12-5-3-4-6-13(12)20(11)10-9-16-15(21)14-7-8-17-19(14)2/h3-8H,9-10H2,1-2H3,(H,16,21). The number of para-hydroxylation sites is 2. The molecule has 0 unspecified atom stereocenters. The molecule has 0 aliphatic rings. The van der Waals surface area contributed by atoms with Crippen LogP contribution in [-0.2, 0) is 13.6 Å². The molecule has 1 amide bonds.